The molecule has 1 atom stereocenters. The molecular weight excluding hydrogens is 320 g/mol. The molecule has 1 aliphatic rings. The van der Waals surface area contributed by atoms with E-state index in [9.17, 15) is 4.79 Å². The van der Waals surface area contributed by atoms with Crippen LogP contribution in [0.25, 0.3) is 0 Å². The number of halogens is 1. The summed E-state index contributed by atoms with van der Waals surface area (Å²) in [5, 5.41) is 4.96. The Hall–Kier alpha value is -1.30. The lowest BCUT2D eigenvalue weighted by Gasteiger charge is -2.26. The zero-order chi connectivity index (χ0) is 14.7. The number of nitrogens with zero attached hydrogens (tertiary/aromatic N) is 1. The van der Waals surface area contributed by atoms with Crippen molar-refractivity contribution in [1.82, 2.24) is 10.2 Å². The van der Waals surface area contributed by atoms with Crippen molar-refractivity contribution in [3.63, 3.8) is 0 Å². The molecule has 2 aromatic rings. The smallest absolute Gasteiger partial charge is 0.261 e. The number of nitrogens with one attached hydrogen (secondary N) is 1. The zero-order valence-electron chi connectivity index (χ0n) is 12.6. The van der Waals surface area contributed by atoms with Gasteiger partial charge in [0.1, 0.15) is 11.5 Å². The highest BCUT2D eigenvalue weighted by atomic mass is 35.5. The molecule has 0 aromatic carbocycles. The van der Waals surface area contributed by atoms with E-state index in [1.54, 1.807) is 0 Å². The van der Waals surface area contributed by atoms with Crippen LogP contribution in [0.2, 0.25) is 0 Å². The zero-order valence-corrected chi connectivity index (χ0v) is 14.2. The number of rotatable bonds is 5. The number of aryl methyl sites for hydroxylation is 1. The largest absolute Gasteiger partial charge is 0.465 e. The Balaban J connectivity index is 0.00000176. The number of hydrogen-bond donors (Lipinski definition) is 1. The fourth-order valence-corrected chi connectivity index (χ4v) is 3.42. The lowest BCUT2D eigenvalue weighted by Crippen LogP contribution is -2.36. The van der Waals surface area contributed by atoms with Crippen molar-refractivity contribution >= 4 is 29.7 Å². The summed E-state index contributed by atoms with van der Waals surface area (Å²) in [6.45, 7) is 4.68. The van der Waals surface area contributed by atoms with E-state index in [1.165, 1.54) is 24.2 Å². The summed E-state index contributed by atoms with van der Waals surface area (Å²) in [7, 11) is 0. The normalized spacial score (nSPS) is 16.2. The Morgan fingerprint density at radius 2 is 2.14 bits per heavy atom. The van der Waals surface area contributed by atoms with Crippen molar-refractivity contribution in [2.75, 3.05) is 19.6 Å². The molecule has 120 valence electrons. The summed E-state index contributed by atoms with van der Waals surface area (Å²) in [6.07, 6.45) is 2.43. The van der Waals surface area contributed by atoms with Gasteiger partial charge >= 0.3 is 0 Å². The van der Waals surface area contributed by atoms with E-state index >= 15 is 0 Å². The lowest BCUT2D eigenvalue weighted by molar-refractivity contribution is 0.0937. The van der Waals surface area contributed by atoms with Crippen LogP contribution in [-0.2, 0) is 0 Å². The summed E-state index contributed by atoms with van der Waals surface area (Å²) in [6, 6.07) is 7.88. The van der Waals surface area contributed by atoms with Crippen LogP contribution in [0.3, 0.4) is 0 Å². The highest BCUT2D eigenvalue weighted by Gasteiger charge is 2.26. The van der Waals surface area contributed by atoms with Crippen LogP contribution in [0.4, 0.5) is 0 Å². The van der Waals surface area contributed by atoms with Gasteiger partial charge in [-0.25, -0.2) is 0 Å². The fraction of sp³-hybridized carbons (Fsp3) is 0.438. The Morgan fingerprint density at radius 1 is 1.36 bits per heavy atom. The Labute approximate surface area is 140 Å². The topological polar surface area (TPSA) is 45.5 Å². The van der Waals surface area contributed by atoms with Crippen LogP contribution in [-0.4, -0.2) is 30.4 Å². The highest BCUT2D eigenvalue weighted by Crippen LogP contribution is 2.26. The standard InChI is InChI=1S/C16H20N2O2S.ClH/c1-12-6-7-14(20-12)13(18-8-2-3-9-18)11-17-16(19)15-5-4-10-21-15;/h4-7,10,13H,2-3,8-9,11H2,1H3,(H,17,19);1H. The van der Waals surface area contributed by atoms with Crippen molar-refractivity contribution in [2.45, 2.75) is 25.8 Å². The molecular formula is C16H21ClN2O2S. The van der Waals surface area contributed by atoms with Gasteiger partial charge < -0.3 is 9.73 Å². The van der Waals surface area contributed by atoms with Gasteiger partial charge in [0.25, 0.3) is 5.91 Å². The fourth-order valence-electron chi connectivity index (χ4n) is 2.78. The molecule has 0 radical (unpaired) electrons. The van der Waals surface area contributed by atoms with E-state index in [2.05, 4.69) is 10.2 Å². The molecule has 22 heavy (non-hydrogen) atoms. The van der Waals surface area contributed by atoms with Crippen molar-refractivity contribution in [2.24, 2.45) is 0 Å². The third-order valence-corrected chi connectivity index (χ3v) is 4.74. The summed E-state index contributed by atoms with van der Waals surface area (Å²) >= 11 is 1.47. The number of carbonyl (C=O) groups excluding carboxylic acids is 1. The minimum absolute atomic E-state index is 0. The van der Waals surface area contributed by atoms with E-state index in [0.29, 0.717) is 6.54 Å². The van der Waals surface area contributed by atoms with Crippen molar-refractivity contribution in [3.8, 4) is 0 Å². The first-order valence-corrected chi connectivity index (χ1v) is 8.24. The van der Waals surface area contributed by atoms with Gasteiger partial charge in [0.05, 0.1) is 10.9 Å². The summed E-state index contributed by atoms with van der Waals surface area (Å²) in [5.74, 6) is 1.86. The van der Waals surface area contributed by atoms with Gasteiger partial charge in [0.15, 0.2) is 0 Å². The van der Waals surface area contributed by atoms with Crippen LogP contribution in [0, 0.1) is 6.92 Å². The summed E-state index contributed by atoms with van der Waals surface area (Å²) in [4.78, 5) is 15.3. The van der Waals surface area contributed by atoms with Gasteiger partial charge in [-0.15, -0.1) is 23.7 Å². The van der Waals surface area contributed by atoms with Gasteiger partial charge in [-0.2, -0.15) is 0 Å². The molecule has 1 unspecified atom stereocenters. The number of hydrogen-bond acceptors (Lipinski definition) is 4. The molecule has 0 spiro atoms. The second kappa shape index (κ2) is 7.81. The molecule has 0 aliphatic carbocycles. The third kappa shape index (κ3) is 3.91. The van der Waals surface area contributed by atoms with Gasteiger partial charge in [-0.3, -0.25) is 9.69 Å². The molecule has 1 amide bonds. The first kappa shape index (κ1) is 17.1. The van der Waals surface area contributed by atoms with Crippen molar-refractivity contribution < 1.29 is 9.21 Å². The van der Waals surface area contributed by atoms with E-state index in [1.807, 2.05) is 36.6 Å². The molecule has 1 fully saturated rings. The number of likely N-dealkylation sites (tertiary alicyclic amines) is 1. The Kier molecular flexibility index (Phi) is 6.06. The summed E-state index contributed by atoms with van der Waals surface area (Å²) < 4.78 is 5.79. The van der Waals surface area contributed by atoms with E-state index in [-0.39, 0.29) is 24.4 Å². The predicted molar refractivity (Wildman–Crippen MR) is 90.9 cm³/mol. The maximum atomic E-state index is 12.1. The first-order chi connectivity index (χ1) is 10.2. The predicted octanol–water partition coefficient (Wildman–Crippen LogP) is 3.64. The number of thiophene rings is 1. The second-order valence-corrected chi connectivity index (χ2v) is 6.34. The van der Waals surface area contributed by atoms with E-state index in [0.717, 1.165) is 29.5 Å². The van der Waals surface area contributed by atoms with Crippen molar-refractivity contribution in [1.29, 1.82) is 0 Å². The average Bonchev–Trinajstić information content (AvgIpc) is 3.21. The molecule has 2 aromatic heterocycles. The summed E-state index contributed by atoms with van der Waals surface area (Å²) in [5.41, 5.74) is 0. The molecule has 3 rings (SSSR count). The molecule has 0 bridgehead atoms. The monoisotopic (exact) mass is 340 g/mol. The molecule has 1 saturated heterocycles. The Morgan fingerprint density at radius 3 is 2.73 bits per heavy atom. The Bertz CT molecular complexity index is 591. The molecule has 6 heteroatoms. The molecule has 1 N–H and O–H groups in total. The maximum absolute atomic E-state index is 12.1. The SMILES string of the molecule is Cc1ccc(C(CNC(=O)c2cccs2)N2CCCC2)o1.Cl. The minimum atomic E-state index is -0.00234. The third-order valence-electron chi connectivity index (χ3n) is 3.87. The number of furan rings is 1. The lowest BCUT2D eigenvalue weighted by atomic mass is 10.2. The second-order valence-electron chi connectivity index (χ2n) is 5.39. The first-order valence-electron chi connectivity index (χ1n) is 7.36. The van der Waals surface area contributed by atoms with Gasteiger partial charge in [0, 0.05) is 6.54 Å². The van der Waals surface area contributed by atoms with Crippen LogP contribution in [0.5, 0.6) is 0 Å². The average molecular weight is 341 g/mol. The minimum Gasteiger partial charge on any atom is -0.465 e. The molecule has 0 saturated carbocycles. The van der Waals surface area contributed by atoms with Crippen LogP contribution >= 0.6 is 23.7 Å². The van der Waals surface area contributed by atoms with Crippen LogP contribution in [0.1, 0.15) is 40.1 Å². The molecule has 3 heterocycles. The van der Waals surface area contributed by atoms with Crippen LogP contribution in [0.15, 0.2) is 34.1 Å². The van der Waals surface area contributed by atoms with E-state index < -0.39 is 0 Å². The van der Waals surface area contributed by atoms with Gasteiger partial charge in [-0.1, -0.05) is 6.07 Å². The van der Waals surface area contributed by atoms with Crippen molar-refractivity contribution in [3.05, 3.63) is 46.0 Å². The van der Waals surface area contributed by atoms with Gasteiger partial charge in [0.2, 0.25) is 0 Å². The van der Waals surface area contributed by atoms with E-state index in [4.69, 9.17) is 4.42 Å². The molecule has 4 nitrogen and oxygen atoms in total. The maximum Gasteiger partial charge on any atom is 0.261 e. The number of carbonyl (C=O) groups is 1. The van der Waals surface area contributed by atoms with Crippen LogP contribution < -0.4 is 5.32 Å². The van der Waals surface area contributed by atoms with Gasteiger partial charge in [-0.05, 0) is 56.4 Å². The molecule has 1 aliphatic heterocycles. The highest BCUT2D eigenvalue weighted by molar-refractivity contribution is 7.12. The number of amides is 1. The quantitative estimate of drug-likeness (QED) is 0.903.